The maximum Gasteiger partial charge on any atom is 0.511 e. The van der Waals surface area contributed by atoms with Crippen LogP contribution in [0.3, 0.4) is 0 Å². The molecule has 8 nitrogen and oxygen atoms in total. The summed E-state index contributed by atoms with van der Waals surface area (Å²) in [6.45, 7) is 13.3. The van der Waals surface area contributed by atoms with Crippen molar-refractivity contribution in [2.75, 3.05) is 0 Å². The second-order valence-corrected chi connectivity index (χ2v) is 6.03. The van der Waals surface area contributed by atoms with Crippen molar-refractivity contribution in [3.63, 3.8) is 0 Å². The summed E-state index contributed by atoms with van der Waals surface area (Å²) in [5.41, 5.74) is -0.725. The number of hydrogen-bond acceptors (Lipinski definition) is 8. The molecule has 0 amide bonds. The van der Waals surface area contributed by atoms with Crippen molar-refractivity contribution in [3.05, 3.63) is 12.7 Å². The Morgan fingerprint density at radius 3 is 2.26 bits per heavy atom. The van der Waals surface area contributed by atoms with Crippen LogP contribution in [0.4, 0.5) is 4.79 Å². The summed E-state index contributed by atoms with van der Waals surface area (Å²) in [4.78, 5) is 33.2. The average Bonchev–Trinajstić information content (AvgIpc) is 2.43. The van der Waals surface area contributed by atoms with Crippen molar-refractivity contribution in [2.45, 2.75) is 71.4 Å². The van der Waals surface area contributed by atoms with Crippen molar-refractivity contribution in [3.8, 4) is 0 Å². The van der Waals surface area contributed by atoms with Gasteiger partial charge in [0.15, 0.2) is 0 Å². The molecule has 2 unspecified atom stereocenters. The Morgan fingerprint density at radius 1 is 1.26 bits per heavy atom. The van der Waals surface area contributed by atoms with Crippen LogP contribution < -0.4 is 0 Å². The highest BCUT2D eigenvalue weighted by Crippen LogP contribution is 2.45. The summed E-state index contributed by atoms with van der Waals surface area (Å²) in [6, 6.07) is 0. The van der Waals surface area contributed by atoms with Crippen LogP contribution in [0.2, 0.25) is 0 Å². The van der Waals surface area contributed by atoms with Crippen LogP contribution in [0.25, 0.3) is 0 Å². The molecule has 1 saturated heterocycles. The first-order valence-electron chi connectivity index (χ1n) is 7.31. The van der Waals surface area contributed by atoms with Crippen molar-refractivity contribution >= 4 is 12.1 Å². The first-order valence-corrected chi connectivity index (χ1v) is 7.31. The van der Waals surface area contributed by atoms with E-state index < -0.39 is 35.6 Å². The van der Waals surface area contributed by atoms with E-state index in [1.807, 2.05) is 6.92 Å². The molecule has 1 fully saturated rings. The molecule has 1 heterocycles. The predicted octanol–water partition coefficient (Wildman–Crippen LogP) is 2.81. The van der Waals surface area contributed by atoms with E-state index in [1.165, 1.54) is 6.92 Å². The Balaban J connectivity index is 2.90. The fraction of sp³-hybridized carbons (Fsp3) is 0.733. The molecule has 0 saturated carbocycles. The third-order valence-corrected chi connectivity index (χ3v) is 3.15. The Labute approximate surface area is 135 Å². The summed E-state index contributed by atoms with van der Waals surface area (Å²) in [5.74, 6) is -4.69. The van der Waals surface area contributed by atoms with Crippen molar-refractivity contribution in [1.29, 1.82) is 0 Å². The van der Waals surface area contributed by atoms with Gasteiger partial charge in [0.05, 0.1) is 6.10 Å². The molecule has 23 heavy (non-hydrogen) atoms. The molecule has 1 aliphatic heterocycles. The number of ether oxygens (including phenoxy) is 4. The van der Waals surface area contributed by atoms with E-state index in [2.05, 4.69) is 6.58 Å². The molecule has 132 valence electrons. The van der Waals surface area contributed by atoms with E-state index in [9.17, 15) is 9.59 Å². The first kappa shape index (κ1) is 19.4. The van der Waals surface area contributed by atoms with Gasteiger partial charge in [0.2, 0.25) is 0 Å². The normalized spacial score (nSPS) is 27.1. The topological polar surface area (TPSA) is 89.5 Å². The summed E-state index contributed by atoms with van der Waals surface area (Å²) < 4.78 is 20.8. The van der Waals surface area contributed by atoms with E-state index in [-0.39, 0.29) is 0 Å². The lowest BCUT2D eigenvalue weighted by Crippen LogP contribution is -2.71. The van der Waals surface area contributed by atoms with Crippen LogP contribution in [-0.2, 0) is 33.5 Å². The number of hydrogen-bond donors (Lipinski definition) is 0. The van der Waals surface area contributed by atoms with Crippen molar-refractivity contribution in [1.82, 2.24) is 0 Å². The molecular formula is C15H24O8. The highest BCUT2D eigenvalue weighted by Gasteiger charge is 2.71. The zero-order chi connectivity index (χ0) is 17.9. The lowest BCUT2D eigenvalue weighted by Gasteiger charge is -2.49. The van der Waals surface area contributed by atoms with Crippen molar-refractivity contribution < 1.29 is 38.3 Å². The van der Waals surface area contributed by atoms with Gasteiger partial charge in [0.1, 0.15) is 5.60 Å². The van der Waals surface area contributed by atoms with Gasteiger partial charge >= 0.3 is 23.9 Å². The number of carbonyl (C=O) groups is 2. The highest BCUT2D eigenvalue weighted by atomic mass is 17.3. The lowest BCUT2D eigenvalue weighted by atomic mass is 10.1. The Hall–Kier alpha value is -1.64. The Bertz CT molecular complexity index is 472. The van der Waals surface area contributed by atoms with E-state index in [0.717, 1.165) is 6.08 Å². The Kier molecular flexibility index (Phi) is 5.79. The average molecular weight is 332 g/mol. The monoisotopic (exact) mass is 332 g/mol. The summed E-state index contributed by atoms with van der Waals surface area (Å²) in [5, 5.41) is 0. The molecule has 1 aliphatic rings. The highest BCUT2D eigenvalue weighted by molar-refractivity contribution is 5.81. The molecule has 0 aromatic heterocycles. The fourth-order valence-electron chi connectivity index (χ4n) is 1.53. The maximum absolute atomic E-state index is 12.0. The van der Waals surface area contributed by atoms with Gasteiger partial charge in [-0.15, -0.1) is 4.89 Å². The van der Waals surface area contributed by atoms with Crippen LogP contribution in [0.15, 0.2) is 12.7 Å². The molecule has 0 aliphatic carbocycles. The van der Waals surface area contributed by atoms with Gasteiger partial charge in [-0.3, -0.25) is 0 Å². The third kappa shape index (κ3) is 4.43. The van der Waals surface area contributed by atoms with E-state index in [0.29, 0.717) is 6.42 Å². The number of rotatable bonds is 7. The largest absolute Gasteiger partial charge is 0.511 e. The molecule has 1 rings (SSSR count). The minimum atomic E-state index is -2.04. The summed E-state index contributed by atoms with van der Waals surface area (Å²) in [7, 11) is 0. The van der Waals surface area contributed by atoms with Gasteiger partial charge in [0, 0.05) is 13.0 Å². The van der Waals surface area contributed by atoms with Crippen LogP contribution in [0, 0.1) is 0 Å². The first-order chi connectivity index (χ1) is 10.5. The molecule has 0 aromatic rings. The van der Waals surface area contributed by atoms with Crippen LogP contribution in [-0.4, -0.2) is 35.6 Å². The second-order valence-electron chi connectivity index (χ2n) is 6.03. The van der Waals surface area contributed by atoms with Gasteiger partial charge in [-0.2, -0.15) is 4.89 Å². The van der Waals surface area contributed by atoms with Gasteiger partial charge in [0.25, 0.3) is 0 Å². The zero-order valence-electron chi connectivity index (χ0n) is 14.3. The molecule has 0 radical (unpaired) electrons. The number of carbonyl (C=O) groups excluding carboxylic acids is 2. The molecule has 0 N–H and O–H groups in total. The smallest absolute Gasteiger partial charge is 0.428 e. The minimum absolute atomic E-state index is 0.414. The van der Waals surface area contributed by atoms with E-state index >= 15 is 0 Å². The predicted molar refractivity (Wildman–Crippen MR) is 77.8 cm³/mol. The van der Waals surface area contributed by atoms with E-state index in [4.69, 9.17) is 28.7 Å². The maximum atomic E-state index is 12.0. The molecule has 0 aromatic carbocycles. The van der Waals surface area contributed by atoms with Crippen LogP contribution >= 0.6 is 0 Å². The van der Waals surface area contributed by atoms with Crippen molar-refractivity contribution in [2.24, 2.45) is 0 Å². The van der Waals surface area contributed by atoms with Gasteiger partial charge in [-0.05, 0) is 34.1 Å². The molecule has 0 bridgehead atoms. The van der Waals surface area contributed by atoms with Gasteiger partial charge < -0.3 is 18.9 Å². The summed E-state index contributed by atoms with van der Waals surface area (Å²) in [6.07, 6.45) is 0.0815. The number of esters is 1. The Morgan fingerprint density at radius 2 is 1.87 bits per heavy atom. The quantitative estimate of drug-likeness (QED) is 0.304. The molecule has 0 spiro atoms. The third-order valence-electron chi connectivity index (χ3n) is 3.15. The SMILES string of the molecule is C=CC(=O)OC1(OC(C)C)OOC1(C)OC(=O)OC(C)(C)CC. The lowest BCUT2D eigenvalue weighted by molar-refractivity contribution is -0.698. The molecule has 2 atom stereocenters. The molecule has 8 heteroatoms. The fourth-order valence-corrected chi connectivity index (χ4v) is 1.53. The standard InChI is InChI=1S/C15H24O8/c1-8-11(16)19-15(18-10(3)4)14(7,22-23-15)21-12(17)20-13(5,6)9-2/h8,10H,1,9H2,2-7H3. The van der Waals surface area contributed by atoms with E-state index in [1.54, 1.807) is 27.7 Å². The second kappa shape index (κ2) is 6.86. The van der Waals surface area contributed by atoms with Crippen LogP contribution in [0.5, 0.6) is 0 Å². The minimum Gasteiger partial charge on any atom is -0.428 e. The summed E-state index contributed by atoms with van der Waals surface area (Å²) >= 11 is 0. The van der Waals surface area contributed by atoms with Gasteiger partial charge in [-0.25, -0.2) is 9.59 Å². The van der Waals surface area contributed by atoms with Gasteiger partial charge in [-0.1, -0.05) is 13.5 Å². The molecular weight excluding hydrogens is 308 g/mol. The van der Waals surface area contributed by atoms with Crippen LogP contribution in [0.1, 0.15) is 48.0 Å². The zero-order valence-corrected chi connectivity index (χ0v) is 14.3.